The summed E-state index contributed by atoms with van der Waals surface area (Å²) in [6, 6.07) is 0. The van der Waals surface area contributed by atoms with Crippen molar-refractivity contribution in [3.8, 4) is 0 Å². The Balaban J connectivity index is 2.29. The Bertz CT molecular complexity index is 140. The van der Waals surface area contributed by atoms with Crippen LogP contribution in [0.2, 0.25) is 0 Å². The smallest absolute Gasteiger partial charge is 0.0178 e. The Morgan fingerprint density at radius 1 is 1.15 bits per heavy atom. The standard InChI is InChI=1S/C12H25N/c1-4-6-7-9-12(3,5-2)13-10-8-11-13/h4-11H2,1-3H3. The van der Waals surface area contributed by atoms with Crippen molar-refractivity contribution in [1.82, 2.24) is 4.90 Å². The third-order valence-electron chi connectivity index (χ3n) is 3.70. The van der Waals surface area contributed by atoms with Gasteiger partial charge in [-0.1, -0.05) is 33.1 Å². The topological polar surface area (TPSA) is 3.24 Å². The summed E-state index contributed by atoms with van der Waals surface area (Å²) in [6.45, 7) is 9.76. The van der Waals surface area contributed by atoms with Gasteiger partial charge < -0.3 is 0 Å². The molecule has 1 nitrogen and oxygen atoms in total. The molecule has 0 radical (unpaired) electrons. The molecular weight excluding hydrogens is 158 g/mol. The van der Waals surface area contributed by atoms with E-state index < -0.39 is 0 Å². The van der Waals surface area contributed by atoms with Crippen LogP contribution in [0, 0.1) is 0 Å². The molecule has 1 rings (SSSR count). The van der Waals surface area contributed by atoms with Gasteiger partial charge in [0.05, 0.1) is 0 Å². The van der Waals surface area contributed by atoms with E-state index in [1.807, 2.05) is 0 Å². The van der Waals surface area contributed by atoms with Crippen molar-refractivity contribution in [1.29, 1.82) is 0 Å². The third kappa shape index (κ3) is 2.70. The lowest BCUT2D eigenvalue weighted by Crippen LogP contribution is -2.53. The summed E-state index contributed by atoms with van der Waals surface area (Å²) >= 11 is 0. The quantitative estimate of drug-likeness (QED) is 0.570. The number of unbranched alkanes of at least 4 members (excludes halogenated alkanes) is 2. The van der Waals surface area contributed by atoms with Crippen molar-refractivity contribution in [2.24, 2.45) is 0 Å². The molecule has 0 N–H and O–H groups in total. The van der Waals surface area contributed by atoms with Gasteiger partial charge in [0, 0.05) is 5.54 Å². The van der Waals surface area contributed by atoms with Gasteiger partial charge in [0.2, 0.25) is 0 Å². The SMILES string of the molecule is CCCCCC(C)(CC)N1CCC1. The normalized spacial score (nSPS) is 22.4. The van der Waals surface area contributed by atoms with Crippen LogP contribution in [-0.2, 0) is 0 Å². The molecule has 1 aliphatic rings. The Morgan fingerprint density at radius 2 is 1.85 bits per heavy atom. The fourth-order valence-corrected chi connectivity index (χ4v) is 2.17. The highest BCUT2D eigenvalue weighted by molar-refractivity contribution is 4.89. The number of hydrogen-bond acceptors (Lipinski definition) is 1. The summed E-state index contributed by atoms with van der Waals surface area (Å²) in [4.78, 5) is 2.67. The second-order valence-electron chi connectivity index (χ2n) is 4.65. The lowest BCUT2D eigenvalue weighted by atomic mass is 9.87. The van der Waals surface area contributed by atoms with Crippen molar-refractivity contribution < 1.29 is 0 Å². The van der Waals surface area contributed by atoms with Gasteiger partial charge >= 0.3 is 0 Å². The second-order valence-corrected chi connectivity index (χ2v) is 4.65. The summed E-state index contributed by atoms with van der Waals surface area (Å²) in [5, 5.41) is 0. The van der Waals surface area contributed by atoms with Crippen LogP contribution in [0.1, 0.15) is 59.3 Å². The molecule has 0 aromatic carbocycles. The fraction of sp³-hybridized carbons (Fsp3) is 1.00. The predicted octanol–water partition coefficient (Wildman–Crippen LogP) is 3.44. The van der Waals surface area contributed by atoms with E-state index in [9.17, 15) is 0 Å². The van der Waals surface area contributed by atoms with E-state index in [0.29, 0.717) is 5.54 Å². The molecule has 1 unspecified atom stereocenters. The minimum Gasteiger partial charge on any atom is -0.298 e. The minimum atomic E-state index is 0.521. The molecule has 0 bridgehead atoms. The fourth-order valence-electron chi connectivity index (χ4n) is 2.17. The van der Waals surface area contributed by atoms with E-state index in [-0.39, 0.29) is 0 Å². The molecule has 0 spiro atoms. The maximum absolute atomic E-state index is 2.67. The van der Waals surface area contributed by atoms with Crippen molar-refractivity contribution in [2.45, 2.75) is 64.8 Å². The largest absolute Gasteiger partial charge is 0.298 e. The van der Waals surface area contributed by atoms with Crippen LogP contribution in [0.3, 0.4) is 0 Å². The van der Waals surface area contributed by atoms with Gasteiger partial charge in [0.1, 0.15) is 0 Å². The number of likely N-dealkylation sites (tertiary alicyclic amines) is 1. The van der Waals surface area contributed by atoms with E-state index in [4.69, 9.17) is 0 Å². The first-order valence-corrected chi connectivity index (χ1v) is 5.98. The maximum atomic E-state index is 2.67. The van der Waals surface area contributed by atoms with E-state index in [1.54, 1.807) is 0 Å². The highest BCUT2D eigenvalue weighted by atomic mass is 15.2. The molecule has 13 heavy (non-hydrogen) atoms. The summed E-state index contributed by atoms with van der Waals surface area (Å²) in [5.41, 5.74) is 0.521. The van der Waals surface area contributed by atoms with Crippen LogP contribution in [-0.4, -0.2) is 23.5 Å². The molecule has 0 saturated carbocycles. The molecule has 1 aliphatic heterocycles. The Kier molecular flexibility index (Phi) is 4.24. The monoisotopic (exact) mass is 183 g/mol. The molecule has 0 aliphatic carbocycles. The predicted molar refractivity (Wildman–Crippen MR) is 59.0 cm³/mol. The van der Waals surface area contributed by atoms with Crippen LogP contribution in [0.4, 0.5) is 0 Å². The maximum Gasteiger partial charge on any atom is 0.0178 e. The highest BCUT2D eigenvalue weighted by Crippen LogP contribution is 2.30. The molecule has 0 aromatic rings. The molecule has 0 amide bonds. The second kappa shape index (κ2) is 4.99. The molecule has 1 fully saturated rings. The van der Waals surface area contributed by atoms with Gasteiger partial charge in [-0.05, 0) is 39.3 Å². The highest BCUT2D eigenvalue weighted by Gasteiger charge is 2.32. The number of nitrogens with zero attached hydrogens (tertiary/aromatic N) is 1. The zero-order valence-corrected chi connectivity index (χ0v) is 9.60. The molecule has 78 valence electrons. The van der Waals surface area contributed by atoms with E-state index >= 15 is 0 Å². The van der Waals surface area contributed by atoms with Crippen LogP contribution >= 0.6 is 0 Å². The average molecular weight is 183 g/mol. The Hall–Kier alpha value is -0.0400. The van der Waals surface area contributed by atoms with Crippen LogP contribution in [0.5, 0.6) is 0 Å². The van der Waals surface area contributed by atoms with Crippen molar-refractivity contribution in [3.63, 3.8) is 0 Å². The van der Waals surface area contributed by atoms with E-state index in [1.165, 1.54) is 51.6 Å². The zero-order valence-electron chi connectivity index (χ0n) is 9.60. The van der Waals surface area contributed by atoms with Gasteiger partial charge in [-0.15, -0.1) is 0 Å². The zero-order chi connectivity index (χ0) is 9.73. The van der Waals surface area contributed by atoms with Crippen LogP contribution < -0.4 is 0 Å². The van der Waals surface area contributed by atoms with E-state index in [0.717, 1.165) is 0 Å². The number of rotatable bonds is 6. The molecule has 1 saturated heterocycles. The van der Waals surface area contributed by atoms with Gasteiger partial charge in [-0.2, -0.15) is 0 Å². The molecule has 0 aromatic heterocycles. The number of hydrogen-bond donors (Lipinski definition) is 0. The third-order valence-corrected chi connectivity index (χ3v) is 3.70. The first-order valence-electron chi connectivity index (χ1n) is 5.98. The molecule has 1 heteroatoms. The molecular formula is C12H25N. The summed E-state index contributed by atoms with van der Waals surface area (Å²) in [5.74, 6) is 0. The van der Waals surface area contributed by atoms with Gasteiger partial charge in [-0.25, -0.2) is 0 Å². The Labute approximate surface area is 83.5 Å². The molecule has 1 heterocycles. The van der Waals surface area contributed by atoms with Gasteiger partial charge in [0.25, 0.3) is 0 Å². The average Bonchev–Trinajstić information content (AvgIpc) is 2.02. The van der Waals surface area contributed by atoms with Crippen LogP contribution in [0.15, 0.2) is 0 Å². The summed E-state index contributed by atoms with van der Waals surface area (Å²) < 4.78 is 0. The summed E-state index contributed by atoms with van der Waals surface area (Å²) in [7, 11) is 0. The summed E-state index contributed by atoms with van der Waals surface area (Å²) in [6.07, 6.45) is 8.30. The van der Waals surface area contributed by atoms with Gasteiger partial charge in [0.15, 0.2) is 0 Å². The lowest BCUT2D eigenvalue weighted by Gasteiger charge is -2.47. The van der Waals surface area contributed by atoms with Crippen molar-refractivity contribution in [2.75, 3.05) is 13.1 Å². The first-order chi connectivity index (χ1) is 6.23. The van der Waals surface area contributed by atoms with Crippen molar-refractivity contribution in [3.05, 3.63) is 0 Å². The van der Waals surface area contributed by atoms with Crippen LogP contribution in [0.25, 0.3) is 0 Å². The van der Waals surface area contributed by atoms with E-state index in [2.05, 4.69) is 25.7 Å². The first kappa shape index (κ1) is 11.0. The van der Waals surface area contributed by atoms with Crippen molar-refractivity contribution >= 4 is 0 Å². The Morgan fingerprint density at radius 3 is 2.23 bits per heavy atom. The lowest BCUT2D eigenvalue weighted by molar-refractivity contribution is 0.0305. The minimum absolute atomic E-state index is 0.521. The van der Waals surface area contributed by atoms with Gasteiger partial charge in [-0.3, -0.25) is 4.90 Å². The molecule has 1 atom stereocenters.